The van der Waals surface area contributed by atoms with Crippen molar-refractivity contribution in [1.82, 2.24) is 20.5 Å². The van der Waals surface area contributed by atoms with Gasteiger partial charge >= 0.3 is 0 Å². The van der Waals surface area contributed by atoms with Gasteiger partial charge in [-0.1, -0.05) is 83.5 Å². The quantitative estimate of drug-likeness (QED) is 0.325. The van der Waals surface area contributed by atoms with Crippen molar-refractivity contribution in [1.29, 1.82) is 0 Å². The number of nitrogens with zero attached hydrogens (tertiary/aromatic N) is 2. The summed E-state index contributed by atoms with van der Waals surface area (Å²) < 4.78 is 13.3. The zero-order chi connectivity index (χ0) is 21.5. The van der Waals surface area contributed by atoms with Crippen LogP contribution in [-0.2, 0) is 10.5 Å². The number of aromatic nitrogens is 3. The SMILES string of the molecule is O=C(NC(CF)C(O)c1ccc(-c2ccc(CSc3ncn[nH]3)cc2)cc1)C(Cl)Cl. The maximum Gasteiger partial charge on any atom is 0.253 e. The molecule has 6 nitrogen and oxygen atoms in total. The summed E-state index contributed by atoms with van der Waals surface area (Å²) in [5.41, 5.74) is 3.57. The molecule has 2 atom stereocenters. The third kappa shape index (κ3) is 5.95. The number of aromatic amines is 1. The first-order valence-corrected chi connectivity index (χ1v) is 10.8. The van der Waals surface area contributed by atoms with E-state index in [4.69, 9.17) is 23.2 Å². The number of benzene rings is 2. The Morgan fingerprint density at radius 2 is 1.77 bits per heavy atom. The van der Waals surface area contributed by atoms with Crippen molar-refractivity contribution < 1.29 is 14.3 Å². The lowest BCUT2D eigenvalue weighted by atomic mass is 9.98. The first-order valence-electron chi connectivity index (χ1n) is 8.98. The first kappa shape index (κ1) is 22.6. The Hall–Kier alpha value is -2.13. The molecule has 3 N–H and O–H groups in total. The molecule has 0 aliphatic carbocycles. The number of nitrogens with one attached hydrogen (secondary N) is 2. The monoisotopic (exact) mass is 468 g/mol. The van der Waals surface area contributed by atoms with Crippen LogP contribution in [0.25, 0.3) is 11.1 Å². The normalized spacial score (nSPS) is 13.2. The van der Waals surface area contributed by atoms with E-state index >= 15 is 0 Å². The summed E-state index contributed by atoms with van der Waals surface area (Å²) in [5.74, 6) is 0.0146. The Morgan fingerprint density at radius 1 is 1.13 bits per heavy atom. The van der Waals surface area contributed by atoms with Crippen molar-refractivity contribution in [3.05, 3.63) is 66.0 Å². The highest BCUT2D eigenvalue weighted by atomic mass is 35.5. The number of carbonyl (C=O) groups excluding carboxylic acids is 1. The van der Waals surface area contributed by atoms with E-state index in [-0.39, 0.29) is 0 Å². The molecule has 0 spiro atoms. The van der Waals surface area contributed by atoms with Gasteiger partial charge in [-0.05, 0) is 22.3 Å². The van der Waals surface area contributed by atoms with Crippen LogP contribution in [0.3, 0.4) is 0 Å². The van der Waals surface area contributed by atoms with E-state index in [1.54, 1.807) is 23.9 Å². The molecule has 1 aromatic heterocycles. The molecule has 3 rings (SSSR count). The largest absolute Gasteiger partial charge is 0.386 e. The molecule has 0 aliphatic rings. The second-order valence-electron chi connectivity index (χ2n) is 6.41. The molecular weight excluding hydrogens is 450 g/mol. The molecule has 0 fully saturated rings. The topological polar surface area (TPSA) is 90.9 Å². The highest BCUT2D eigenvalue weighted by Gasteiger charge is 2.25. The number of halogens is 3. The number of aliphatic hydroxyl groups excluding tert-OH is 1. The molecule has 1 amide bonds. The highest BCUT2D eigenvalue weighted by Crippen LogP contribution is 2.26. The number of rotatable bonds is 9. The fourth-order valence-corrected chi connectivity index (χ4v) is 3.62. The van der Waals surface area contributed by atoms with Crippen LogP contribution in [0.1, 0.15) is 17.2 Å². The standard InChI is InChI=1S/C20H19Cl2FN4O2S/c21-18(22)19(29)26-16(9-23)17(28)15-7-5-14(6-8-15)13-3-1-12(2-4-13)10-30-20-24-11-25-27-20/h1-8,11,16-18,28H,9-10H2,(H,26,29)(H,24,25,27). The van der Waals surface area contributed by atoms with E-state index in [1.165, 1.54) is 6.33 Å². The van der Waals surface area contributed by atoms with Crippen LogP contribution in [0.4, 0.5) is 4.39 Å². The number of carbonyl (C=O) groups is 1. The summed E-state index contributed by atoms with van der Waals surface area (Å²) >= 11 is 12.5. The fourth-order valence-electron chi connectivity index (χ4n) is 2.76. The molecule has 10 heteroatoms. The molecule has 30 heavy (non-hydrogen) atoms. The van der Waals surface area contributed by atoms with Gasteiger partial charge in [0, 0.05) is 5.75 Å². The maximum atomic E-state index is 13.3. The van der Waals surface area contributed by atoms with Crippen LogP contribution in [-0.4, -0.2) is 43.7 Å². The lowest BCUT2D eigenvalue weighted by Gasteiger charge is -2.22. The molecule has 0 bridgehead atoms. The molecule has 158 valence electrons. The van der Waals surface area contributed by atoms with E-state index in [9.17, 15) is 14.3 Å². The Balaban J connectivity index is 1.63. The van der Waals surface area contributed by atoms with Crippen LogP contribution in [0.2, 0.25) is 0 Å². The average Bonchev–Trinajstić information content (AvgIpc) is 3.29. The summed E-state index contributed by atoms with van der Waals surface area (Å²) in [5, 5.41) is 20.1. The van der Waals surface area contributed by atoms with E-state index in [1.807, 2.05) is 36.4 Å². The van der Waals surface area contributed by atoms with E-state index in [2.05, 4.69) is 20.5 Å². The number of aliphatic hydroxyl groups is 1. The number of hydrogen-bond donors (Lipinski definition) is 3. The van der Waals surface area contributed by atoms with Gasteiger partial charge < -0.3 is 10.4 Å². The fraction of sp³-hybridized carbons (Fsp3) is 0.250. The number of H-pyrrole nitrogens is 1. The van der Waals surface area contributed by atoms with Crippen molar-refractivity contribution in [2.45, 2.75) is 27.9 Å². The molecule has 0 aliphatic heterocycles. The lowest BCUT2D eigenvalue weighted by molar-refractivity contribution is -0.121. The van der Waals surface area contributed by atoms with Crippen LogP contribution >= 0.6 is 35.0 Å². The van der Waals surface area contributed by atoms with Crippen molar-refractivity contribution in [3.63, 3.8) is 0 Å². The Kier molecular flexibility index (Phi) is 8.09. The smallest absolute Gasteiger partial charge is 0.253 e. The summed E-state index contributed by atoms with van der Waals surface area (Å²) in [7, 11) is 0. The highest BCUT2D eigenvalue weighted by molar-refractivity contribution is 7.98. The van der Waals surface area contributed by atoms with Crippen molar-refractivity contribution in [2.75, 3.05) is 6.67 Å². The predicted octanol–water partition coefficient (Wildman–Crippen LogP) is 4.06. The minimum absolute atomic E-state index is 0.475. The third-order valence-electron chi connectivity index (χ3n) is 4.38. The second-order valence-corrected chi connectivity index (χ2v) is 8.47. The van der Waals surface area contributed by atoms with Gasteiger partial charge in [0.25, 0.3) is 5.91 Å². The average molecular weight is 469 g/mol. The number of thioether (sulfide) groups is 1. The summed E-state index contributed by atoms with van der Waals surface area (Å²) in [6.45, 7) is -0.956. The zero-order valence-electron chi connectivity index (χ0n) is 15.6. The molecule has 3 aromatic rings. The minimum atomic E-state index is -1.33. The van der Waals surface area contributed by atoms with E-state index in [0.717, 1.165) is 27.6 Å². The van der Waals surface area contributed by atoms with Crippen molar-refractivity contribution in [3.8, 4) is 11.1 Å². The van der Waals surface area contributed by atoms with Gasteiger partial charge in [-0.25, -0.2) is 9.37 Å². The van der Waals surface area contributed by atoms with E-state index < -0.39 is 29.6 Å². The minimum Gasteiger partial charge on any atom is -0.386 e. The molecule has 2 unspecified atom stereocenters. The molecule has 1 heterocycles. The Bertz CT molecular complexity index is 940. The van der Waals surface area contributed by atoms with Gasteiger partial charge in [-0.2, -0.15) is 5.10 Å². The van der Waals surface area contributed by atoms with Crippen LogP contribution in [0.5, 0.6) is 0 Å². The summed E-state index contributed by atoms with van der Waals surface area (Å²) in [6.07, 6.45) is 0.248. The third-order valence-corrected chi connectivity index (χ3v) is 5.73. The lowest BCUT2D eigenvalue weighted by Crippen LogP contribution is -2.43. The number of alkyl halides is 3. The molecule has 0 radical (unpaired) electrons. The molecule has 0 saturated heterocycles. The van der Waals surface area contributed by atoms with Crippen LogP contribution in [0.15, 0.2) is 60.0 Å². The number of hydrogen-bond acceptors (Lipinski definition) is 5. The Labute approximate surface area is 187 Å². The molecule has 0 saturated carbocycles. The predicted molar refractivity (Wildman–Crippen MR) is 116 cm³/mol. The van der Waals surface area contributed by atoms with Gasteiger partial charge in [0.05, 0.1) is 6.04 Å². The summed E-state index contributed by atoms with van der Waals surface area (Å²) in [4.78, 5) is 14.3. The van der Waals surface area contributed by atoms with Crippen molar-refractivity contribution >= 4 is 40.9 Å². The molecule has 2 aromatic carbocycles. The van der Waals surface area contributed by atoms with Crippen LogP contribution in [0, 0.1) is 0 Å². The van der Waals surface area contributed by atoms with Gasteiger partial charge in [0.1, 0.15) is 19.1 Å². The maximum absolute atomic E-state index is 13.3. The number of amides is 1. The van der Waals surface area contributed by atoms with Crippen LogP contribution < -0.4 is 5.32 Å². The second kappa shape index (κ2) is 10.8. The van der Waals surface area contributed by atoms with Gasteiger partial charge in [-0.3, -0.25) is 9.89 Å². The first-order chi connectivity index (χ1) is 14.5. The van der Waals surface area contributed by atoms with Gasteiger partial charge in [0.15, 0.2) is 9.99 Å². The molecular formula is C20H19Cl2FN4O2S. The van der Waals surface area contributed by atoms with Gasteiger partial charge in [-0.15, -0.1) is 0 Å². The summed E-state index contributed by atoms with van der Waals surface area (Å²) in [6, 6.07) is 14.0. The Morgan fingerprint density at radius 3 is 2.30 bits per heavy atom. The van der Waals surface area contributed by atoms with Gasteiger partial charge in [0.2, 0.25) is 0 Å². The zero-order valence-corrected chi connectivity index (χ0v) is 18.0. The van der Waals surface area contributed by atoms with E-state index in [0.29, 0.717) is 5.56 Å². The van der Waals surface area contributed by atoms with Crippen molar-refractivity contribution in [2.24, 2.45) is 0 Å².